The number of hydrogen-bond donors (Lipinski definition) is 0. The second kappa shape index (κ2) is 2.85. The minimum absolute atomic E-state index is 0.0289. The van der Waals surface area contributed by atoms with Crippen molar-refractivity contribution in [1.29, 1.82) is 0 Å². The zero-order chi connectivity index (χ0) is 10.5. The Morgan fingerprint density at radius 3 is 2.79 bits per heavy atom. The van der Waals surface area contributed by atoms with Gasteiger partial charge in [-0.2, -0.15) is 0 Å². The van der Waals surface area contributed by atoms with Crippen LogP contribution in [0.3, 0.4) is 0 Å². The van der Waals surface area contributed by atoms with E-state index < -0.39 is 0 Å². The SMILES string of the molecule is CC(=O)OC1C=C(C)CC2C1C2(C)C. The van der Waals surface area contributed by atoms with Gasteiger partial charge in [-0.3, -0.25) is 4.79 Å². The molecular weight excluding hydrogens is 176 g/mol. The first-order valence-corrected chi connectivity index (χ1v) is 5.27. The summed E-state index contributed by atoms with van der Waals surface area (Å²) in [5, 5.41) is 0. The second-order valence-electron chi connectivity index (χ2n) is 5.24. The molecule has 2 rings (SSSR count). The van der Waals surface area contributed by atoms with Gasteiger partial charge in [0, 0.05) is 12.8 Å². The number of esters is 1. The molecule has 78 valence electrons. The monoisotopic (exact) mass is 194 g/mol. The number of ether oxygens (including phenoxy) is 1. The molecular formula is C12H18O2. The molecule has 3 atom stereocenters. The summed E-state index contributed by atoms with van der Waals surface area (Å²) in [6.45, 7) is 8.15. The minimum Gasteiger partial charge on any atom is -0.458 e. The number of carbonyl (C=O) groups excluding carboxylic acids is 1. The highest BCUT2D eigenvalue weighted by molar-refractivity contribution is 5.66. The van der Waals surface area contributed by atoms with Gasteiger partial charge in [-0.25, -0.2) is 0 Å². The van der Waals surface area contributed by atoms with E-state index in [0.29, 0.717) is 11.3 Å². The predicted molar refractivity (Wildman–Crippen MR) is 54.7 cm³/mol. The van der Waals surface area contributed by atoms with Gasteiger partial charge in [-0.05, 0) is 30.8 Å². The molecule has 0 N–H and O–H groups in total. The first-order valence-electron chi connectivity index (χ1n) is 5.27. The van der Waals surface area contributed by atoms with Gasteiger partial charge < -0.3 is 4.74 Å². The van der Waals surface area contributed by atoms with Crippen LogP contribution in [0.1, 0.15) is 34.1 Å². The number of hydrogen-bond acceptors (Lipinski definition) is 2. The summed E-state index contributed by atoms with van der Waals surface area (Å²) in [5.74, 6) is 1.11. The fourth-order valence-corrected chi connectivity index (χ4v) is 2.93. The van der Waals surface area contributed by atoms with Gasteiger partial charge in [0.25, 0.3) is 0 Å². The molecule has 2 nitrogen and oxygen atoms in total. The Labute approximate surface area is 85.3 Å². The summed E-state index contributed by atoms with van der Waals surface area (Å²) in [7, 11) is 0. The number of fused-ring (bicyclic) bond motifs is 1. The largest absolute Gasteiger partial charge is 0.458 e. The van der Waals surface area contributed by atoms with Crippen molar-refractivity contribution in [3.05, 3.63) is 11.6 Å². The third-order valence-electron chi connectivity index (χ3n) is 3.79. The first kappa shape index (κ1) is 9.75. The van der Waals surface area contributed by atoms with Gasteiger partial charge in [0.1, 0.15) is 6.10 Å². The minimum atomic E-state index is -0.164. The van der Waals surface area contributed by atoms with Crippen LogP contribution in [0.5, 0.6) is 0 Å². The fraction of sp³-hybridized carbons (Fsp3) is 0.750. The molecule has 0 saturated heterocycles. The molecule has 2 heteroatoms. The normalized spacial score (nSPS) is 38.3. The lowest BCUT2D eigenvalue weighted by molar-refractivity contribution is -0.145. The quantitative estimate of drug-likeness (QED) is 0.473. The third kappa shape index (κ3) is 1.37. The Morgan fingerprint density at radius 1 is 1.57 bits per heavy atom. The summed E-state index contributed by atoms with van der Waals surface area (Å²) >= 11 is 0. The lowest BCUT2D eigenvalue weighted by Gasteiger charge is -2.18. The van der Waals surface area contributed by atoms with E-state index >= 15 is 0 Å². The van der Waals surface area contributed by atoms with Gasteiger partial charge >= 0.3 is 5.97 Å². The van der Waals surface area contributed by atoms with Crippen molar-refractivity contribution in [3.8, 4) is 0 Å². The van der Waals surface area contributed by atoms with Crippen LogP contribution in [-0.2, 0) is 9.53 Å². The van der Waals surface area contributed by atoms with Gasteiger partial charge in [0.15, 0.2) is 0 Å². The van der Waals surface area contributed by atoms with Crippen LogP contribution >= 0.6 is 0 Å². The third-order valence-corrected chi connectivity index (χ3v) is 3.79. The number of rotatable bonds is 1. The van der Waals surface area contributed by atoms with Crippen molar-refractivity contribution in [2.45, 2.75) is 40.2 Å². The molecule has 0 aromatic carbocycles. The summed E-state index contributed by atoms with van der Waals surface area (Å²) in [4.78, 5) is 10.9. The van der Waals surface area contributed by atoms with E-state index in [-0.39, 0.29) is 12.1 Å². The van der Waals surface area contributed by atoms with Crippen molar-refractivity contribution >= 4 is 5.97 Å². The molecule has 0 aromatic heterocycles. The van der Waals surface area contributed by atoms with Gasteiger partial charge in [-0.15, -0.1) is 0 Å². The van der Waals surface area contributed by atoms with Crippen molar-refractivity contribution in [1.82, 2.24) is 0 Å². The molecule has 1 saturated carbocycles. The van der Waals surface area contributed by atoms with Crippen LogP contribution in [0.25, 0.3) is 0 Å². The highest BCUT2D eigenvalue weighted by atomic mass is 16.5. The molecule has 3 unspecified atom stereocenters. The Morgan fingerprint density at radius 2 is 2.21 bits per heavy atom. The molecule has 0 aromatic rings. The van der Waals surface area contributed by atoms with Crippen LogP contribution in [0.4, 0.5) is 0 Å². The molecule has 0 bridgehead atoms. The second-order valence-corrected chi connectivity index (χ2v) is 5.24. The van der Waals surface area contributed by atoms with Crippen molar-refractivity contribution in [2.75, 3.05) is 0 Å². The summed E-state index contributed by atoms with van der Waals surface area (Å²) in [6, 6.07) is 0. The molecule has 0 amide bonds. The van der Waals surface area contributed by atoms with Crippen LogP contribution < -0.4 is 0 Å². The van der Waals surface area contributed by atoms with Crippen LogP contribution in [0.2, 0.25) is 0 Å². The average Bonchev–Trinajstić information content (AvgIpc) is 2.51. The molecule has 2 aliphatic carbocycles. The van der Waals surface area contributed by atoms with E-state index in [1.807, 2.05) is 0 Å². The Balaban J connectivity index is 2.15. The Kier molecular flexibility index (Phi) is 1.98. The summed E-state index contributed by atoms with van der Waals surface area (Å²) < 4.78 is 5.34. The zero-order valence-corrected chi connectivity index (χ0v) is 9.33. The predicted octanol–water partition coefficient (Wildman–Crippen LogP) is 2.54. The smallest absolute Gasteiger partial charge is 0.303 e. The van der Waals surface area contributed by atoms with Gasteiger partial charge in [-0.1, -0.05) is 19.4 Å². The Hall–Kier alpha value is -0.790. The number of allylic oxidation sites excluding steroid dienone is 1. The molecule has 0 spiro atoms. The Bertz CT molecular complexity index is 301. The lowest BCUT2D eigenvalue weighted by Crippen LogP contribution is -2.21. The highest BCUT2D eigenvalue weighted by Gasteiger charge is 2.62. The van der Waals surface area contributed by atoms with Crippen molar-refractivity contribution < 1.29 is 9.53 Å². The fourth-order valence-electron chi connectivity index (χ4n) is 2.93. The summed E-state index contributed by atoms with van der Waals surface area (Å²) in [5.41, 5.74) is 1.72. The molecule has 0 heterocycles. The molecule has 1 fully saturated rings. The van der Waals surface area contributed by atoms with E-state index in [4.69, 9.17) is 4.74 Å². The standard InChI is InChI=1S/C12H18O2/c1-7-5-9-11(12(9,3)4)10(6-7)14-8(2)13/h6,9-11H,5H2,1-4H3. The van der Waals surface area contributed by atoms with Crippen LogP contribution in [-0.4, -0.2) is 12.1 Å². The molecule has 14 heavy (non-hydrogen) atoms. The average molecular weight is 194 g/mol. The molecule has 2 aliphatic rings. The van der Waals surface area contributed by atoms with E-state index in [1.165, 1.54) is 18.9 Å². The maximum atomic E-state index is 10.9. The first-order chi connectivity index (χ1) is 6.43. The van der Waals surface area contributed by atoms with Crippen molar-refractivity contribution in [3.63, 3.8) is 0 Å². The van der Waals surface area contributed by atoms with Crippen LogP contribution in [0, 0.1) is 17.3 Å². The maximum Gasteiger partial charge on any atom is 0.303 e. The van der Waals surface area contributed by atoms with Gasteiger partial charge in [0.05, 0.1) is 0 Å². The molecule has 0 aliphatic heterocycles. The highest BCUT2D eigenvalue weighted by Crippen LogP contribution is 2.65. The van der Waals surface area contributed by atoms with E-state index in [2.05, 4.69) is 26.8 Å². The van der Waals surface area contributed by atoms with E-state index in [0.717, 1.165) is 5.92 Å². The zero-order valence-electron chi connectivity index (χ0n) is 9.33. The number of carbonyl (C=O) groups is 1. The maximum absolute atomic E-state index is 10.9. The van der Waals surface area contributed by atoms with E-state index in [1.54, 1.807) is 0 Å². The topological polar surface area (TPSA) is 26.3 Å². The van der Waals surface area contributed by atoms with Crippen LogP contribution in [0.15, 0.2) is 11.6 Å². The lowest BCUT2D eigenvalue weighted by atomic mass is 9.99. The molecule has 0 radical (unpaired) electrons. The van der Waals surface area contributed by atoms with E-state index in [9.17, 15) is 4.79 Å². The van der Waals surface area contributed by atoms with Crippen molar-refractivity contribution in [2.24, 2.45) is 17.3 Å². The summed E-state index contributed by atoms with van der Waals surface area (Å²) in [6.07, 6.45) is 3.33. The van der Waals surface area contributed by atoms with Gasteiger partial charge in [0.2, 0.25) is 0 Å².